The molecule has 2 aliphatic carbocycles. The van der Waals surface area contributed by atoms with Gasteiger partial charge in [0.05, 0.1) is 10.8 Å². The Morgan fingerprint density at radius 1 is 0.818 bits per heavy atom. The number of hydrogen-bond donors (Lipinski definition) is 1. The normalized spacial score (nSPS) is 11.3. The van der Waals surface area contributed by atoms with Gasteiger partial charge in [-0.2, -0.15) is 4.79 Å². The van der Waals surface area contributed by atoms with Crippen LogP contribution >= 0.6 is 0 Å². The lowest BCUT2D eigenvalue weighted by Gasteiger charge is -1.97. The number of phenols is 1. The first-order valence-corrected chi connectivity index (χ1v) is 6.63. The summed E-state index contributed by atoms with van der Waals surface area (Å²) in [6.45, 7) is 0. The SMILES string of the molecule is [N-]=[N+]=[13c]1c2c(=O)c3c(O)cccc3c(=O)c=2c2ccccc21. The van der Waals surface area contributed by atoms with Gasteiger partial charge in [0, 0.05) is 16.0 Å². The molecule has 0 unspecified atom stereocenters. The van der Waals surface area contributed by atoms with E-state index in [0.717, 1.165) is 0 Å². The van der Waals surface area contributed by atoms with E-state index in [4.69, 9.17) is 0 Å². The zero-order valence-electron chi connectivity index (χ0n) is 11.2. The highest BCUT2D eigenvalue weighted by Crippen LogP contribution is 2.20. The molecule has 0 atom stereocenters. The van der Waals surface area contributed by atoms with Crippen molar-refractivity contribution in [3.8, 4) is 5.75 Å². The molecule has 0 fully saturated rings. The summed E-state index contributed by atoms with van der Waals surface area (Å²) in [5.74, 6) is -0.254. The molecular weight excluding hydrogens is 281 g/mol. The Morgan fingerprint density at radius 2 is 1.50 bits per heavy atom. The average Bonchev–Trinajstić information content (AvgIpc) is 2.87. The zero-order chi connectivity index (χ0) is 15.4. The highest BCUT2D eigenvalue weighted by Gasteiger charge is 2.20. The summed E-state index contributed by atoms with van der Waals surface area (Å²) in [7, 11) is 0. The third-order valence-electron chi connectivity index (χ3n) is 4.01. The molecule has 5 heteroatoms. The largest absolute Gasteiger partial charge is 0.507 e. The quantitative estimate of drug-likeness (QED) is 0.389. The molecular formula is C17H8N2O3. The first-order chi connectivity index (χ1) is 10.6. The van der Waals surface area contributed by atoms with Crippen LogP contribution in [0.5, 0.6) is 5.75 Å². The third-order valence-corrected chi connectivity index (χ3v) is 4.01. The van der Waals surface area contributed by atoms with E-state index < -0.39 is 5.43 Å². The third kappa shape index (κ3) is 1.33. The van der Waals surface area contributed by atoms with E-state index in [2.05, 4.69) is 4.79 Å². The first kappa shape index (κ1) is 12.4. The Morgan fingerprint density at radius 3 is 2.23 bits per heavy atom. The molecule has 0 saturated heterocycles. The van der Waals surface area contributed by atoms with E-state index in [1.165, 1.54) is 18.2 Å². The summed E-state index contributed by atoms with van der Waals surface area (Å²) in [6.07, 6.45) is 0. The summed E-state index contributed by atoms with van der Waals surface area (Å²) in [5.41, 5.74) is 8.44. The van der Waals surface area contributed by atoms with Crippen molar-refractivity contribution >= 4 is 21.5 Å². The van der Waals surface area contributed by atoms with Crippen LogP contribution in [0.1, 0.15) is 0 Å². The van der Waals surface area contributed by atoms with Gasteiger partial charge in [-0.25, -0.2) is 0 Å². The topological polar surface area (TPSA) is 90.8 Å². The van der Waals surface area contributed by atoms with Crippen LogP contribution in [-0.2, 0) is 0 Å². The van der Waals surface area contributed by atoms with Crippen LogP contribution in [0.3, 0.4) is 0 Å². The lowest BCUT2D eigenvalue weighted by Crippen LogP contribution is -2.19. The Kier molecular flexibility index (Phi) is 2.32. The van der Waals surface area contributed by atoms with Gasteiger partial charge < -0.3 is 10.6 Å². The van der Waals surface area contributed by atoms with Crippen LogP contribution in [0.4, 0.5) is 0 Å². The van der Waals surface area contributed by atoms with E-state index >= 15 is 0 Å². The van der Waals surface area contributed by atoms with Crippen molar-refractivity contribution in [3.63, 3.8) is 0 Å². The first-order valence-electron chi connectivity index (χ1n) is 6.63. The lowest BCUT2D eigenvalue weighted by molar-refractivity contribution is -0.0635. The number of fused-ring (bicyclic) bond motifs is 3. The van der Waals surface area contributed by atoms with E-state index in [1.807, 2.05) is 0 Å². The number of hydrogen-bond acceptors (Lipinski definition) is 3. The van der Waals surface area contributed by atoms with Crippen LogP contribution < -0.4 is 16.2 Å². The molecule has 4 rings (SSSR count). The minimum atomic E-state index is -0.508. The minimum Gasteiger partial charge on any atom is -0.507 e. The van der Waals surface area contributed by atoms with Crippen LogP contribution in [0, 0.1) is 10.4 Å². The fourth-order valence-corrected chi connectivity index (χ4v) is 3.08. The molecule has 22 heavy (non-hydrogen) atoms. The van der Waals surface area contributed by atoms with Crippen molar-refractivity contribution in [1.82, 2.24) is 0 Å². The van der Waals surface area contributed by atoms with Gasteiger partial charge in [-0.1, -0.05) is 30.3 Å². The standard InChI is InChI=1S/C17H8N2O3/c18-19-15-9-5-2-1-4-8(9)13-14(15)17(22)12-10(16(13)21)6-3-7-11(12)20/h1-7,20H/i15+1. The van der Waals surface area contributed by atoms with Gasteiger partial charge in [-0.15, -0.1) is 0 Å². The van der Waals surface area contributed by atoms with E-state index in [9.17, 15) is 20.2 Å². The smallest absolute Gasteiger partial charge is 0.335 e. The van der Waals surface area contributed by atoms with Gasteiger partial charge in [0.15, 0.2) is 5.43 Å². The fraction of sp³-hybridized carbons (Fsp3) is 0. The van der Waals surface area contributed by atoms with Gasteiger partial charge >= 0.3 is 5.36 Å². The summed E-state index contributed by atoms with van der Waals surface area (Å²) in [4.78, 5) is 28.7. The molecule has 0 spiro atoms. The van der Waals surface area contributed by atoms with Gasteiger partial charge in [-0.05, 0) is 12.1 Å². The Balaban J connectivity index is 2.65. The van der Waals surface area contributed by atoms with E-state index in [-0.39, 0.29) is 37.7 Å². The Labute approximate surface area is 122 Å². The van der Waals surface area contributed by atoms with Crippen molar-refractivity contribution < 1.29 is 9.90 Å². The molecule has 104 valence electrons. The van der Waals surface area contributed by atoms with Crippen LogP contribution in [-0.4, -0.2) is 9.90 Å². The molecule has 2 aliphatic rings. The molecule has 2 aromatic rings. The highest BCUT2D eigenvalue weighted by molar-refractivity contribution is 5.92. The summed E-state index contributed by atoms with van der Waals surface area (Å²) in [5, 5.41) is 11.5. The number of nitrogens with zero attached hydrogens (tertiary/aromatic N) is 2. The summed E-state index contributed by atoms with van der Waals surface area (Å²) in [6, 6.07) is 11.3. The minimum absolute atomic E-state index is 0.0415. The average molecular weight is 289 g/mol. The number of benzene rings is 2. The fourth-order valence-electron chi connectivity index (χ4n) is 3.08. The zero-order valence-corrected chi connectivity index (χ0v) is 11.2. The summed E-state index contributed by atoms with van der Waals surface area (Å²) >= 11 is 0. The van der Waals surface area contributed by atoms with Crippen molar-refractivity contribution in [3.05, 3.63) is 84.2 Å². The Hall–Kier alpha value is -3.30. The monoisotopic (exact) mass is 289 g/mol. The highest BCUT2D eigenvalue weighted by atomic mass is 16.3. The predicted molar refractivity (Wildman–Crippen MR) is 80.1 cm³/mol. The molecule has 0 aliphatic heterocycles. The van der Waals surface area contributed by atoms with E-state index in [0.29, 0.717) is 10.8 Å². The van der Waals surface area contributed by atoms with Crippen molar-refractivity contribution in [2.24, 2.45) is 0 Å². The number of rotatable bonds is 0. The molecule has 0 saturated carbocycles. The molecule has 0 bridgehead atoms. The molecule has 2 aromatic carbocycles. The van der Waals surface area contributed by atoms with Gasteiger partial charge in [0.1, 0.15) is 11.0 Å². The van der Waals surface area contributed by atoms with Crippen LogP contribution in [0.25, 0.3) is 27.1 Å². The molecule has 0 aromatic heterocycles. The van der Waals surface area contributed by atoms with Crippen LogP contribution in [0.15, 0.2) is 52.1 Å². The summed E-state index contributed by atoms with van der Waals surface area (Å²) < 4.78 is 0. The maximum absolute atomic E-state index is 12.8. The maximum Gasteiger partial charge on any atom is 0.335 e. The van der Waals surface area contributed by atoms with Crippen molar-refractivity contribution in [2.45, 2.75) is 0 Å². The van der Waals surface area contributed by atoms with Crippen molar-refractivity contribution in [1.29, 1.82) is 0 Å². The second-order valence-electron chi connectivity index (χ2n) is 5.10. The van der Waals surface area contributed by atoms with Gasteiger partial charge in [-0.3, -0.25) is 9.59 Å². The molecule has 0 radical (unpaired) electrons. The maximum atomic E-state index is 12.8. The second-order valence-corrected chi connectivity index (χ2v) is 5.10. The van der Waals surface area contributed by atoms with Crippen LogP contribution in [0.2, 0.25) is 0 Å². The molecule has 5 nitrogen and oxygen atoms in total. The van der Waals surface area contributed by atoms with Gasteiger partial charge in [0.25, 0.3) is 0 Å². The van der Waals surface area contributed by atoms with E-state index in [1.54, 1.807) is 24.3 Å². The van der Waals surface area contributed by atoms with Gasteiger partial charge in [0.2, 0.25) is 5.43 Å². The Bertz CT molecular complexity index is 1320. The molecule has 0 heterocycles. The number of phenolic OH excluding ortho intramolecular Hbond substituents is 1. The number of aromatic hydroxyl groups is 1. The second kappa shape index (κ2) is 4.10. The molecule has 0 amide bonds. The van der Waals surface area contributed by atoms with Crippen molar-refractivity contribution in [2.75, 3.05) is 0 Å². The predicted octanol–water partition coefficient (Wildman–Crippen LogP) is 1.15. The lowest BCUT2D eigenvalue weighted by atomic mass is 10.1. The molecule has 1 N–H and O–H groups in total.